The van der Waals surface area contributed by atoms with Gasteiger partial charge < -0.3 is 10.1 Å². The van der Waals surface area contributed by atoms with Crippen LogP contribution in [0, 0.1) is 0 Å². The summed E-state index contributed by atoms with van der Waals surface area (Å²) >= 11 is 4.33. The average Bonchev–Trinajstić information content (AvgIpc) is 2.38. The highest BCUT2D eigenvalue weighted by Crippen LogP contribution is 2.07. The van der Waals surface area contributed by atoms with Gasteiger partial charge in [0, 0.05) is 6.54 Å². The topological polar surface area (TPSA) is 38.3 Å². The van der Waals surface area contributed by atoms with Crippen LogP contribution in [0.25, 0.3) is 0 Å². The highest BCUT2D eigenvalue weighted by molar-refractivity contribution is 7.81. The predicted octanol–water partition coefficient (Wildman–Crippen LogP) is 2.24. The van der Waals surface area contributed by atoms with Crippen molar-refractivity contribution in [1.29, 1.82) is 0 Å². The zero-order chi connectivity index (χ0) is 14.1. The van der Waals surface area contributed by atoms with Crippen LogP contribution in [-0.2, 0) is 16.0 Å². The molecule has 0 aliphatic carbocycles. The maximum Gasteiger partial charge on any atom is 0.233 e. The number of ether oxygens (including phenoxy) is 1. The number of benzene rings is 1. The fourth-order valence-corrected chi connectivity index (χ4v) is 1.84. The summed E-state index contributed by atoms with van der Waals surface area (Å²) in [5, 5.41) is 2.48. The Morgan fingerprint density at radius 3 is 2.74 bits per heavy atom. The molecule has 1 aromatic rings. The Kier molecular flexibility index (Phi) is 7.30. The number of carbonyl (C=O) groups excluding carboxylic acids is 1. The first kappa shape index (κ1) is 15.8. The molecule has 0 saturated heterocycles. The largest absolute Gasteiger partial charge is 0.375 e. The Morgan fingerprint density at radius 2 is 2.11 bits per heavy atom. The first-order valence-electron chi connectivity index (χ1n) is 6.31. The van der Waals surface area contributed by atoms with Crippen molar-refractivity contribution >= 4 is 18.5 Å². The van der Waals surface area contributed by atoms with Crippen molar-refractivity contribution in [3.63, 3.8) is 0 Å². The smallest absolute Gasteiger partial charge is 0.233 e. The van der Waals surface area contributed by atoms with Crippen molar-refractivity contribution in [2.45, 2.75) is 18.6 Å². The van der Waals surface area contributed by atoms with Crippen LogP contribution in [0.3, 0.4) is 0 Å². The van der Waals surface area contributed by atoms with E-state index in [1.807, 2.05) is 37.3 Å². The summed E-state index contributed by atoms with van der Waals surface area (Å²) in [5.74, 6) is -0.0638. The summed E-state index contributed by atoms with van der Waals surface area (Å²) in [6.45, 7) is 7.16. The SMILES string of the molecule is C=C(C)COCCNC(=O)C(S)Cc1ccccc1. The minimum Gasteiger partial charge on any atom is -0.375 e. The molecule has 0 heterocycles. The molecule has 0 saturated carbocycles. The van der Waals surface area contributed by atoms with Crippen molar-refractivity contribution in [1.82, 2.24) is 5.32 Å². The minimum absolute atomic E-state index is 0.0638. The van der Waals surface area contributed by atoms with Gasteiger partial charge in [0.1, 0.15) is 0 Å². The van der Waals surface area contributed by atoms with Gasteiger partial charge in [0.05, 0.1) is 18.5 Å². The standard InChI is InChI=1S/C15H21NO2S/c1-12(2)11-18-9-8-16-15(17)14(19)10-13-6-4-3-5-7-13/h3-7,14,19H,1,8-11H2,2H3,(H,16,17). The zero-order valence-electron chi connectivity index (χ0n) is 11.3. The van der Waals surface area contributed by atoms with Crippen LogP contribution >= 0.6 is 12.6 Å². The molecule has 1 aromatic carbocycles. The van der Waals surface area contributed by atoms with Crippen molar-refractivity contribution in [2.24, 2.45) is 0 Å². The molecule has 0 spiro atoms. The molecule has 1 N–H and O–H groups in total. The van der Waals surface area contributed by atoms with Gasteiger partial charge in [-0.25, -0.2) is 0 Å². The van der Waals surface area contributed by atoms with Crippen molar-refractivity contribution in [2.75, 3.05) is 19.8 Å². The van der Waals surface area contributed by atoms with E-state index in [1.54, 1.807) is 0 Å². The van der Waals surface area contributed by atoms with E-state index in [0.29, 0.717) is 26.2 Å². The van der Waals surface area contributed by atoms with Gasteiger partial charge in [-0.05, 0) is 18.9 Å². The third kappa shape index (κ3) is 7.03. The highest BCUT2D eigenvalue weighted by atomic mass is 32.1. The predicted molar refractivity (Wildman–Crippen MR) is 81.6 cm³/mol. The van der Waals surface area contributed by atoms with Crippen LogP contribution in [0.4, 0.5) is 0 Å². The third-order valence-electron chi connectivity index (χ3n) is 2.47. The summed E-state index contributed by atoms with van der Waals surface area (Å²) in [4.78, 5) is 11.8. The summed E-state index contributed by atoms with van der Waals surface area (Å²) in [6.07, 6.45) is 0.627. The molecule has 1 rings (SSSR count). The van der Waals surface area contributed by atoms with Gasteiger partial charge in [-0.1, -0.05) is 42.5 Å². The first-order chi connectivity index (χ1) is 9.09. The Bertz CT molecular complexity index is 406. The number of carbonyl (C=O) groups is 1. The number of nitrogens with one attached hydrogen (secondary N) is 1. The highest BCUT2D eigenvalue weighted by Gasteiger charge is 2.13. The number of rotatable bonds is 8. The maximum absolute atomic E-state index is 11.8. The molecular weight excluding hydrogens is 258 g/mol. The summed E-state index contributed by atoms with van der Waals surface area (Å²) in [5.41, 5.74) is 2.08. The molecule has 0 aliphatic heterocycles. The van der Waals surface area contributed by atoms with E-state index in [2.05, 4.69) is 24.5 Å². The maximum atomic E-state index is 11.8. The Balaban J connectivity index is 2.20. The number of amides is 1. The second-order valence-electron chi connectivity index (χ2n) is 4.51. The molecule has 4 heteroatoms. The lowest BCUT2D eigenvalue weighted by molar-refractivity contribution is -0.120. The number of thiol groups is 1. The van der Waals surface area contributed by atoms with E-state index in [-0.39, 0.29) is 11.2 Å². The first-order valence-corrected chi connectivity index (χ1v) is 6.83. The fourth-order valence-electron chi connectivity index (χ4n) is 1.54. The Hall–Kier alpha value is -1.26. The molecule has 0 aliphatic rings. The quantitative estimate of drug-likeness (QED) is 0.435. The molecule has 1 atom stereocenters. The van der Waals surface area contributed by atoms with Crippen LogP contribution in [-0.4, -0.2) is 30.9 Å². The van der Waals surface area contributed by atoms with E-state index in [0.717, 1.165) is 11.1 Å². The molecule has 0 fully saturated rings. The molecule has 1 unspecified atom stereocenters. The minimum atomic E-state index is -0.330. The van der Waals surface area contributed by atoms with Crippen LogP contribution in [0.1, 0.15) is 12.5 Å². The lowest BCUT2D eigenvalue weighted by Crippen LogP contribution is -2.35. The summed E-state index contributed by atoms with van der Waals surface area (Å²) < 4.78 is 5.30. The molecule has 1 amide bonds. The average molecular weight is 279 g/mol. The lowest BCUT2D eigenvalue weighted by atomic mass is 10.1. The van der Waals surface area contributed by atoms with Crippen LogP contribution in [0.2, 0.25) is 0 Å². The normalized spacial score (nSPS) is 11.9. The van der Waals surface area contributed by atoms with Crippen molar-refractivity contribution in [3.8, 4) is 0 Å². The molecule has 19 heavy (non-hydrogen) atoms. The summed E-state index contributed by atoms with van der Waals surface area (Å²) in [7, 11) is 0. The van der Waals surface area contributed by atoms with Gasteiger partial charge in [0.15, 0.2) is 0 Å². The summed E-state index contributed by atoms with van der Waals surface area (Å²) in [6, 6.07) is 9.85. The monoisotopic (exact) mass is 279 g/mol. The molecular formula is C15H21NO2S. The fraction of sp³-hybridized carbons (Fsp3) is 0.400. The van der Waals surface area contributed by atoms with Crippen molar-refractivity contribution in [3.05, 3.63) is 48.0 Å². The van der Waals surface area contributed by atoms with Gasteiger partial charge >= 0.3 is 0 Å². The van der Waals surface area contributed by atoms with Gasteiger partial charge in [0.25, 0.3) is 0 Å². The van der Waals surface area contributed by atoms with E-state index < -0.39 is 0 Å². The zero-order valence-corrected chi connectivity index (χ0v) is 12.2. The van der Waals surface area contributed by atoms with Gasteiger partial charge in [-0.15, -0.1) is 0 Å². The van der Waals surface area contributed by atoms with Crippen LogP contribution in [0.5, 0.6) is 0 Å². The van der Waals surface area contributed by atoms with Gasteiger partial charge in [0.2, 0.25) is 5.91 Å². The Morgan fingerprint density at radius 1 is 1.42 bits per heavy atom. The van der Waals surface area contributed by atoms with E-state index in [4.69, 9.17) is 4.74 Å². The van der Waals surface area contributed by atoms with Crippen LogP contribution in [0.15, 0.2) is 42.5 Å². The van der Waals surface area contributed by atoms with E-state index in [1.165, 1.54) is 0 Å². The number of hydrogen-bond donors (Lipinski definition) is 2. The van der Waals surface area contributed by atoms with Crippen molar-refractivity contribution < 1.29 is 9.53 Å². The third-order valence-corrected chi connectivity index (χ3v) is 2.89. The molecule has 0 bridgehead atoms. The van der Waals surface area contributed by atoms with E-state index >= 15 is 0 Å². The molecule has 104 valence electrons. The second-order valence-corrected chi connectivity index (χ2v) is 5.13. The van der Waals surface area contributed by atoms with Gasteiger partial charge in [-0.2, -0.15) is 12.6 Å². The van der Waals surface area contributed by atoms with Gasteiger partial charge in [-0.3, -0.25) is 4.79 Å². The molecule has 0 aromatic heterocycles. The van der Waals surface area contributed by atoms with Crippen LogP contribution < -0.4 is 5.32 Å². The number of hydrogen-bond acceptors (Lipinski definition) is 3. The lowest BCUT2D eigenvalue weighted by Gasteiger charge is -2.11. The second kappa shape index (κ2) is 8.77. The van der Waals surface area contributed by atoms with E-state index in [9.17, 15) is 4.79 Å². The molecule has 0 radical (unpaired) electrons. The molecule has 3 nitrogen and oxygen atoms in total. The Labute approximate surface area is 120 Å².